The summed E-state index contributed by atoms with van der Waals surface area (Å²) in [5, 5.41) is 9.18. The van der Waals surface area contributed by atoms with Gasteiger partial charge in [-0.25, -0.2) is 0 Å². The van der Waals surface area contributed by atoms with Crippen molar-refractivity contribution in [2.45, 2.75) is 6.42 Å². The number of carbonyl (C=O) groups is 1. The Labute approximate surface area is 131 Å². The van der Waals surface area contributed by atoms with Crippen LogP contribution in [0.15, 0.2) is 41.9 Å². The summed E-state index contributed by atoms with van der Waals surface area (Å²) in [7, 11) is 0. The average Bonchev–Trinajstić information content (AvgIpc) is 3.15. The van der Waals surface area contributed by atoms with Crippen molar-refractivity contribution in [2.24, 2.45) is 0 Å². The Morgan fingerprint density at radius 1 is 1.27 bits per heavy atom. The first kappa shape index (κ1) is 13.1. The van der Waals surface area contributed by atoms with E-state index in [0.29, 0.717) is 17.8 Å². The predicted molar refractivity (Wildman–Crippen MR) is 88.1 cm³/mol. The second-order valence-corrected chi connectivity index (χ2v) is 6.15. The van der Waals surface area contributed by atoms with E-state index in [9.17, 15) is 4.79 Å². The first-order chi connectivity index (χ1) is 10.7. The van der Waals surface area contributed by atoms with Crippen LogP contribution >= 0.6 is 11.3 Å². The Hall–Kier alpha value is -2.60. The van der Waals surface area contributed by atoms with E-state index in [1.165, 1.54) is 0 Å². The number of hydrogen-bond acceptors (Lipinski definition) is 4. The third kappa shape index (κ3) is 2.00. The van der Waals surface area contributed by atoms with Gasteiger partial charge in [0.05, 0.1) is 22.5 Å². The molecule has 22 heavy (non-hydrogen) atoms. The maximum absolute atomic E-state index is 12.9. The Balaban J connectivity index is 1.76. The van der Waals surface area contributed by atoms with Crippen LogP contribution in [0.4, 0.5) is 11.4 Å². The van der Waals surface area contributed by atoms with E-state index in [2.05, 4.69) is 10.2 Å². The molecule has 0 saturated heterocycles. The van der Waals surface area contributed by atoms with Crippen molar-refractivity contribution in [3.8, 4) is 10.6 Å². The minimum atomic E-state index is -0.00207. The molecule has 0 bridgehead atoms. The van der Waals surface area contributed by atoms with Crippen LogP contribution in [0, 0.1) is 0 Å². The van der Waals surface area contributed by atoms with Crippen LogP contribution in [-0.4, -0.2) is 22.6 Å². The number of nitrogens with zero attached hydrogens (tertiary/aromatic N) is 2. The second kappa shape index (κ2) is 4.99. The molecule has 0 unspecified atom stereocenters. The average molecular weight is 310 g/mol. The predicted octanol–water partition coefficient (Wildman–Crippen LogP) is 2.92. The van der Waals surface area contributed by atoms with Crippen molar-refractivity contribution in [2.75, 3.05) is 17.2 Å². The third-order valence-electron chi connectivity index (χ3n) is 3.89. The molecule has 0 atom stereocenters. The summed E-state index contributed by atoms with van der Waals surface area (Å²) in [4.78, 5) is 15.8. The van der Waals surface area contributed by atoms with Gasteiger partial charge in [0.1, 0.15) is 0 Å². The molecular formula is C16H14N4OS. The minimum Gasteiger partial charge on any atom is -0.399 e. The fourth-order valence-corrected chi connectivity index (χ4v) is 3.67. The summed E-state index contributed by atoms with van der Waals surface area (Å²) in [5.41, 5.74) is 10.1. The van der Waals surface area contributed by atoms with E-state index in [-0.39, 0.29) is 5.91 Å². The van der Waals surface area contributed by atoms with Gasteiger partial charge in [-0.15, -0.1) is 11.3 Å². The van der Waals surface area contributed by atoms with E-state index in [4.69, 9.17) is 5.73 Å². The molecule has 2 aromatic heterocycles. The highest BCUT2D eigenvalue weighted by atomic mass is 32.1. The zero-order valence-corrected chi connectivity index (χ0v) is 12.6. The SMILES string of the molecule is Nc1ccc(C(=O)N2CCc3cn[nH]c3-c3sccc32)cc1. The number of aromatic amines is 1. The molecule has 0 radical (unpaired) electrons. The first-order valence-corrected chi connectivity index (χ1v) is 7.89. The molecule has 0 fully saturated rings. The molecule has 1 aliphatic heterocycles. The number of anilines is 2. The molecule has 5 nitrogen and oxygen atoms in total. The Morgan fingerprint density at radius 2 is 2.09 bits per heavy atom. The van der Waals surface area contributed by atoms with Crippen LogP contribution in [0.2, 0.25) is 0 Å². The molecule has 0 spiro atoms. The van der Waals surface area contributed by atoms with E-state index < -0.39 is 0 Å². The molecule has 6 heteroatoms. The van der Waals surface area contributed by atoms with Crippen molar-refractivity contribution in [1.29, 1.82) is 0 Å². The molecular weight excluding hydrogens is 296 g/mol. The highest BCUT2D eigenvalue weighted by Crippen LogP contribution is 2.39. The molecule has 110 valence electrons. The van der Waals surface area contributed by atoms with Crippen molar-refractivity contribution in [1.82, 2.24) is 10.2 Å². The standard InChI is InChI=1S/C16H14N4OS/c17-12-3-1-10(2-4-12)16(21)20-7-5-11-9-18-19-14(11)15-13(20)6-8-22-15/h1-4,6,8-9H,5,7,17H2,(H,18,19). The van der Waals surface area contributed by atoms with Gasteiger partial charge in [0.15, 0.2) is 0 Å². The number of nitrogens with one attached hydrogen (secondary N) is 1. The van der Waals surface area contributed by atoms with Gasteiger partial charge >= 0.3 is 0 Å². The molecule has 0 aliphatic carbocycles. The summed E-state index contributed by atoms with van der Waals surface area (Å²) < 4.78 is 0. The zero-order valence-electron chi connectivity index (χ0n) is 11.7. The van der Waals surface area contributed by atoms with Gasteiger partial charge in [0.2, 0.25) is 0 Å². The van der Waals surface area contributed by atoms with Crippen LogP contribution in [-0.2, 0) is 6.42 Å². The summed E-state index contributed by atoms with van der Waals surface area (Å²) in [6, 6.07) is 9.05. The number of nitrogens with two attached hydrogens (primary N) is 1. The number of thiophene rings is 1. The molecule has 1 aromatic carbocycles. The number of carbonyl (C=O) groups excluding carboxylic acids is 1. The van der Waals surface area contributed by atoms with Gasteiger partial charge in [0.25, 0.3) is 5.91 Å². The summed E-state index contributed by atoms with van der Waals surface area (Å²) in [5.74, 6) is -0.00207. The van der Waals surface area contributed by atoms with Crippen LogP contribution in [0.3, 0.4) is 0 Å². The zero-order chi connectivity index (χ0) is 15.1. The largest absolute Gasteiger partial charge is 0.399 e. The van der Waals surface area contributed by atoms with E-state index in [0.717, 1.165) is 28.2 Å². The second-order valence-electron chi connectivity index (χ2n) is 5.23. The Bertz CT molecular complexity index is 834. The first-order valence-electron chi connectivity index (χ1n) is 7.01. The number of H-pyrrole nitrogens is 1. The number of nitrogen functional groups attached to an aromatic ring is 1. The lowest BCUT2D eigenvalue weighted by Crippen LogP contribution is -2.32. The van der Waals surface area contributed by atoms with Crippen LogP contribution in [0.25, 0.3) is 10.6 Å². The van der Waals surface area contributed by atoms with Crippen molar-refractivity contribution in [3.63, 3.8) is 0 Å². The normalized spacial score (nSPS) is 13.4. The molecule has 4 rings (SSSR count). The number of aromatic nitrogens is 2. The topological polar surface area (TPSA) is 75.0 Å². The van der Waals surface area contributed by atoms with Crippen molar-refractivity contribution < 1.29 is 4.79 Å². The lowest BCUT2D eigenvalue weighted by Gasteiger charge is -2.21. The lowest BCUT2D eigenvalue weighted by atomic mass is 10.1. The number of rotatable bonds is 1. The van der Waals surface area contributed by atoms with E-state index in [1.807, 2.05) is 22.5 Å². The van der Waals surface area contributed by atoms with Gasteiger partial charge in [0, 0.05) is 23.4 Å². The molecule has 3 aromatic rings. The summed E-state index contributed by atoms with van der Waals surface area (Å²) in [6.07, 6.45) is 2.63. The molecule has 1 amide bonds. The molecule has 3 heterocycles. The van der Waals surface area contributed by atoms with Gasteiger partial charge < -0.3 is 10.6 Å². The van der Waals surface area contributed by atoms with Gasteiger partial charge in [-0.3, -0.25) is 9.89 Å². The fraction of sp³-hybridized carbons (Fsp3) is 0.125. The minimum absolute atomic E-state index is 0.00207. The lowest BCUT2D eigenvalue weighted by molar-refractivity contribution is 0.0987. The van der Waals surface area contributed by atoms with E-state index in [1.54, 1.807) is 35.6 Å². The maximum atomic E-state index is 12.9. The quantitative estimate of drug-likeness (QED) is 0.679. The maximum Gasteiger partial charge on any atom is 0.258 e. The molecule has 1 aliphatic rings. The molecule has 3 N–H and O–H groups in total. The van der Waals surface area contributed by atoms with Crippen molar-refractivity contribution in [3.05, 3.63) is 53.0 Å². The number of benzene rings is 1. The Morgan fingerprint density at radius 3 is 2.91 bits per heavy atom. The van der Waals surface area contributed by atoms with Crippen molar-refractivity contribution >= 4 is 28.6 Å². The Kier molecular flexibility index (Phi) is 2.97. The number of amides is 1. The van der Waals surface area contributed by atoms with Gasteiger partial charge in [-0.1, -0.05) is 0 Å². The van der Waals surface area contributed by atoms with Gasteiger partial charge in [-0.2, -0.15) is 5.10 Å². The molecule has 0 saturated carbocycles. The van der Waals surface area contributed by atoms with Crippen LogP contribution < -0.4 is 10.6 Å². The monoisotopic (exact) mass is 310 g/mol. The van der Waals surface area contributed by atoms with Gasteiger partial charge in [-0.05, 0) is 42.1 Å². The fourth-order valence-electron chi connectivity index (χ4n) is 2.74. The smallest absolute Gasteiger partial charge is 0.258 e. The highest BCUT2D eigenvalue weighted by molar-refractivity contribution is 7.14. The van der Waals surface area contributed by atoms with Crippen LogP contribution in [0.5, 0.6) is 0 Å². The highest BCUT2D eigenvalue weighted by Gasteiger charge is 2.26. The third-order valence-corrected chi connectivity index (χ3v) is 4.81. The number of fused-ring (bicyclic) bond motifs is 3. The summed E-state index contributed by atoms with van der Waals surface area (Å²) in [6.45, 7) is 0.638. The summed E-state index contributed by atoms with van der Waals surface area (Å²) >= 11 is 1.62. The number of hydrogen-bond donors (Lipinski definition) is 2. The van der Waals surface area contributed by atoms with E-state index >= 15 is 0 Å². The van der Waals surface area contributed by atoms with Crippen LogP contribution in [0.1, 0.15) is 15.9 Å².